The summed E-state index contributed by atoms with van der Waals surface area (Å²) in [4.78, 5) is 39.0. The maximum absolute atomic E-state index is 12.8. The van der Waals surface area contributed by atoms with Crippen molar-refractivity contribution in [3.05, 3.63) is 98.9 Å². The Morgan fingerprint density at radius 3 is 2.57 bits per heavy atom. The Labute approximate surface area is 212 Å². The Bertz CT molecular complexity index is 1320. The molecule has 8 heteroatoms. The highest BCUT2D eigenvalue weighted by Gasteiger charge is 2.36. The summed E-state index contributed by atoms with van der Waals surface area (Å²) in [6.45, 7) is 3.87. The Morgan fingerprint density at radius 1 is 1.06 bits per heavy atom. The van der Waals surface area contributed by atoms with Crippen LogP contribution in [-0.2, 0) is 16.2 Å². The lowest BCUT2D eigenvalue weighted by atomic mass is 10.1. The molecule has 0 spiro atoms. The normalized spacial score (nSPS) is 14.5. The van der Waals surface area contributed by atoms with Gasteiger partial charge in [-0.05, 0) is 78.7 Å². The van der Waals surface area contributed by atoms with E-state index >= 15 is 0 Å². The Morgan fingerprint density at radius 2 is 1.83 bits per heavy atom. The number of carbonyl (C=O) groups excluding carboxylic acids is 3. The number of hydrogen-bond acceptors (Lipinski definition) is 5. The van der Waals surface area contributed by atoms with Gasteiger partial charge in [0.25, 0.3) is 11.1 Å². The van der Waals surface area contributed by atoms with E-state index in [0.717, 1.165) is 33.4 Å². The first-order valence-corrected chi connectivity index (χ1v) is 12.1. The van der Waals surface area contributed by atoms with Gasteiger partial charge in [0.2, 0.25) is 5.91 Å². The number of rotatable bonds is 7. The van der Waals surface area contributed by atoms with E-state index in [9.17, 15) is 14.4 Å². The van der Waals surface area contributed by atoms with Crippen molar-refractivity contribution in [2.75, 3.05) is 11.9 Å². The molecule has 1 aliphatic rings. The molecule has 0 aliphatic carbocycles. The predicted octanol–water partition coefficient (Wildman–Crippen LogP) is 6.21. The molecule has 178 valence electrons. The van der Waals surface area contributed by atoms with Crippen molar-refractivity contribution in [2.45, 2.75) is 20.5 Å². The standard InChI is InChI=1S/C27H23ClN2O4S/c1-17-6-11-23(18(2)12-17)29-25(31)15-30-26(32)24(35-27(30)33)14-20-4-3-5-22(13-20)34-16-19-7-9-21(28)10-8-19/h3-14H,15-16H2,1-2H3,(H,29,31)/b24-14+. The van der Waals surface area contributed by atoms with Crippen LogP contribution in [0.15, 0.2) is 71.6 Å². The number of imide groups is 1. The largest absolute Gasteiger partial charge is 0.489 e. The summed E-state index contributed by atoms with van der Waals surface area (Å²) < 4.78 is 5.84. The van der Waals surface area contributed by atoms with E-state index in [-0.39, 0.29) is 11.4 Å². The van der Waals surface area contributed by atoms with Gasteiger partial charge >= 0.3 is 0 Å². The number of ether oxygens (including phenoxy) is 1. The second kappa shape index (κ2) is 10.8. The van der Waals surface area contributed by atoms with Gasteiger partial charge in [0.05, 0.1) is 4.91 Å². The molecule has 35 heavy (non-hydrogen) atoms. The fraction of sp³-hybridized carbons (Fsp3) is 0.148. The number of aryl methyl sites for hydroxylation is 2. The van der Waals surface area contributed by atoms with Crippen LogP contribution in [0.5, 0.6) is 5.75 Å². The molecule has 0 aromatic heterocycles. The van der Waals surface area contributed by atoms with Crippen LogP contribution < -0.4 is 10.1 Å². The summed E-state index contributed by atoms with van der Waals surface area (Å²) >= 11 is 6.72. The lowest BCUT2D eigenvalue weighted by molar-refractivity contribution is -0.127. The molecule has 0 bridgehead atoms. The van der Waals surface area contributed by atoms with Crippen molar-refractivity contribution in [1.29, 1.82) is 0 Å². The van der Waals surface area contributed by atoms with Gasteiger partial charge in [-0.2, -0.15) is 0 Å². The summed E-state index contributed by atoms with van der Waals surface area (Å²) in [5.41, 5.74) is 4.32. The van der Waals surface area contributed by atoms with Crippen LogP contribution >= 0.6 is 23.4 Å². The maximum Gasteiger partial charge on any atom is 0.294 e. The van der Waals surface area contributed by atoms with Gasteiger partial charge in [-0.3, -0.25) is 19.3 Å². The Balaban J connectivity index is 1.40. The van der Waals surface area contributed by atoms with Crippen LogP contribution in [0.4, 0.5) is 10.5 Å². The number of anilines is 1. The molecule has 1 fully saturated rings. The monoisotopic (exact) mass is 506 g/mol. The van der Waals surface area contributed by atoms with Crippen molar-refractivity contribution in [3.8, 4) is 5.75 Å². The average Bonchev–Trinajstić information content (AvgIpc) is 3.08. The number of halogens is 1. The van der Waals surface area contributed by atoms with E-state index in [0.29, 0.717) is 28.6 Å². The third-order valence-electron chi connectivity index (χ3n) is 5.31. The average molecular weight is 507 g/mol. The molecule has 0 saturated carbocycles. The highest BCUT2D eigenvalue weighted by atomic mass is 35.5. The molecule has 0 unspecified atom stereocenters. The summed E-state index contributed by atoms with van der Waals surface area (Å²) in [7, 11) is 0. The van der Waals surface area contributed by atoms with Crippen molar-refractivity contribution in [1.82, 2.24) is 4.90 Å². The highest BCUT2D eigenvalue weighted by molar-refractivity contribution is 8.18. The molecule has 1 heterocycles. The first-order valence-electron chi connectivity index (χ1n) is 10.9. The molecular formula is C27H23ClN2O4S. The SMILES string of the molecule is Cc1ccc(NC(=O)CN2C(=O)S/C(=C/c3cccc(OCc4ccc(Cl)cc4)c3)C2=O)c(C)c1. The fourth-order valence-electron chi connectivity index (χ4n) is 3.52. The zero-order valence-corrected chi connectivity index (χ0v) is 20.8. The van der Waals surface area contributed by atoms with Crippen LogP contribution in [-0.4, -0.2) is 28.5 Å². The fourth-order valence-corrected chi connectivity index (χ4v) is 4.48. The summed E-state index contributed by atoms with van der Waals surface area (Å²) in [5, 5.41) is 2.95. The topological polar surface area (TPSA) is 75.7 Å². The van der Waals surface area contributed by atoms with Gasteiger partial charge in [0, 0.05) is 10.7 Å². The van der Waals surface area contributed by atoms with Crippen LogP contribution in [0.25, 0.3) is 6.08 Å². The number of carbonyl (C=O) groups is 3. The Kier molecular flexibility index (Phi) is 7.58. The molecule has 3 amide bonds. The number of nitrogens with zero attached hydrogens (tertiary/aromatic N) is 1. The van der Waals surface area contributed by atoms with Gasteiger partial charge < -0.3 is 10.1 Å². The van der Waals surface area contributed by atoms with Crippen LogP contribution in [0.1, 0.15) is 22.3 Å². The van der Waals surface area contributed by atoms with Crippen LogP contribution in [0.2, 0.25) is 5.02 Å². The van der Waals surface area contributed by atoms with Gasteiger partial charge in [-0.15, -0.1) is 0 Å². The zero-order chi connectivity index (χ0) is 24.9. The van der Waals surface area contributed by atoms with E-state index in [4.69, 9.17) is 16.3 Å². The Hall–Kier alpha value is -3.55. The van der Waals surface area contributed by atoms with Gasteiger partial charge in [-0.1, -0.05) is 53.6 Å². The third kappa shape index (κ3) is 6.32. The number of nitrogens with one attached hydrogen (secondary N) is 1. The molecule has 3 aromatic rings. The molecule has 3 aromatic carbocycles. The third-order valence-corrected chi connectivity index (χ3v) is 6.47. The van der Waals surface area contributed by atoms with E-state index in [2.05, 4.69) is 5.32 Å². The van der Waals surface area contributed by atoms with E-state index in [1.54, 1.807) is 30.3 Å². The van der Waals surface area contributed by atoms with Crippen molar-refractivity contribution in [2.24, 2.45) is 0 Å². The highest BCUT2D eigenvalue weighted by Crippen LogP contribution is 2.32. The van der Waals surface area contributed by atoms with Crippen molar-refractivity contribution >= 4 is 52.2 Å². The molecule has 0 radical (unpaired) electrons. The summed E-state index contributed by atoms with van der Waals surface area (Å²) in [5.74, 6) is -0.304. The quantitative estimate of drug-likeness (QED) is 0.385. The number of hydrogen-bond donors (Lipinski definition) is 1. The zero-order valence-electron chi connectivity index (χ0n) is 19.2. The second-order valence-corrected chi connectivity index (χ2v) is 9.55. The predicted molar refractivity (Wildman–Crippen MR) is 139 cm³/mol. The lowest BCUT2D eigenvalue weighted by Crippen LogP contribution is -2.36. The van der Waals surface area contributed by atoms with E-state index in [1.165, 1.54) is 0 Å². The first kappa shape index (κ1) is 24.6. The second-order valence-electron chi connectivity index (χ2n) is 8.12. The molecule has 0 atom stereocenters. The summed E-state index contributed by atoms with van der Waals surface area (Å²) in [6.07, 6.45) is 1.63. The minimum Gasteiger partial charge on any atom is -0.489 e. The van der Waals surface area contributed by atoms with E-state index < -0.39 is 17.1 Å². The summed E-state index contributed by atoms with van der Waals surface area (Å²) in [6, 6.07) is 20.2. The van der Waals surface area contributed by atoms with Gasteiger partial charge in [0.1, 0.15) is 18.9 Å². The van der Waals surface area contributed by atoms with Crippen molar-refractivity contribution < 1.29 is 19.1 Å². The molecular weight excluding hydrogens is 484 g/mol. The first-order chi connectivity index (χ1) is 16.8. The number of benzene rings is 3. The number of thioether (sulfide) groups is 1. The molecule has 4 rings (SSSR count). The van der Waals surface area contributed by atoms with Crippen LogP contribution in [0, 0.1) is 13.8 Å². The minimum absolute atomic E-state index is 0.254. The smallest absolute Gasteiger partial charge is 0.294 e. The molecule has 6 nitrogen and oxygen atoms in total. The minimum atomic E-state index is -0.497. The lowest BCUT2D eigenvalue weighted by Gasteiger charge is -2.14. The molecule has 1 saturated heterocycles. The van der Waals surface area contributed by atoms with E-state index in [1.807, 2.05) is 56.3 Å². The van der Waals surface area contributed by atoms with Gasteiger partial charge in [-0.25, -0.2) is 0 Å². The van der Waals surface area contributed by atoms with Crippen molar-refractivity contribution in [3.63, 3.8) is 0 Å². The molecule has 1 N–H and O–H groups in total. The molecule has 1 aliphatic heterocycles. The maximum atomic E-state index is 12.8. The van der Waals surface area contributed by atoms with Crippen LogP contribution in [0.3, 0.4) is 0 Å². The van der Waals surface area contributed by atoms with Gasteiger partial charge in [0.15, 0.2) is 0 Å². The number of amides is 3.